The van der Waals surface area contributed by atoms with E-state index in [1.165, 1.54) is 18.4 Å². The highest BCUT2D eigenvalue weighted by atomic mass is 35.5. The zero-order chi connectivity index (χ0) is 25.5. The Morgan fingerprint density at radius 3 is 2.56 bits per heavy atom. The highest BCUT2D eigenvalue weighted by Crippen LogP contribution is 2.37. The number of hydrogen-bond acceptors (Lipinski definition) is 5. The zero-order valence-corrected chi connectivity index (χ0v) is 23.0. The van der Waals surface area contributed by atoms with Crippen LogP contribution in [0, 0.1) is 17.3 Å². The van der Waals surface area contributed by atoms with E-state index in [1.54, 1.807) is 6.20 Å². The lowest BCUT2D eigenvalue weighted by Crippen LogP contribution is -2.36. The van der Waals surface area contributed by atoms with Gasteiger partial charge in [0.25, 0.3) is 0 Å². The second kappa shape index (κ2) is 12.3. The van der Waals surface area contributed by atoms with E-state index in [-0.39, 0.29) is 5.41 Å². The SMILES string of the molecule is CC#CC1(CNc2cccc(-c3cc(NC4CCC(N(C)C)CC4)ncc3Cl)c2CC)CCOCC1. The fourth-order valence-corrected chi connectivity index (χ4v) is 5.90. The smallest absolute Gasteiger partial charge is 0.126 e. The third-order valence-electron chi connectivity index (χ3n) is 7.91. The van der Waals surface area contributed by atoms with Crippen molar-refractivity contribution >= 4 is 23.1 Å². The molecule has 2 fully saturated rings. The fourth-order valence-electron chi connectivity index (χ4n) is 5.69. The van der Waals surface area contributed by atoms with Crippen molar-refractivity contribution in [1.82, 2.24) is 9.88 Å². The van der Waals surface area contributed by atoms with Gasteiger partial charge < -0.3 is 20.3 Å². The summed E-state index contributed by atoms with van der Waals surface area (Å²) >= 11 is 6.72. The van der Waals surface area contributed by atoms with Gasteiger partial charge >= 0.3 is 0 Å². The van der Waals surface area contributed by atoms with Gasteiger partial charge in [0, 0.05) is 49.3 Å². The van der Waals surface area contributed by atoms with Crippen molar-refractivity contribution in [3.05, 3.63) is 41.0 Å². The van der Waals surface area contributed by atoms with Crippen LogP contribution in [0.25, 0.3) is 11.1 Å². The van der Waals surface area contributed by atoms with Crippen LogP contribution in [0.2, 0.25) is 5.02 Å². The first-order chi connectivity index (χ1) is 17.4. The van der Waals surface area contributed by atoms with E-state index in [9.17, 15) is 0 Å². The van der Waals surface area contributed by atoms with E-state index in [0.717, 1.165) is 74.5 Å². The second-order valence-electron chi connectivity index (χ2n) is 10.5. The highest BCUT2D eigenvalue weighted by Gasteiger charge is 2.31. The highest BCUT2D eigenvalue weighted by molar-refractivity contribution is 6.33. The van der Waals surface area contributed by atoms with Gasteiger partial charge in [-0.3, -0.25) is 0 Å². The van der Waals surface area contributed by atoms with Crippen molar-refractivity contribution in [1.29, 1.82) is 0 Å². The fraction of sp³-hybridized carbons (Fsp3) is 0.567. The summed E-state index contributed by atoms with van der Waals surface area (Å²) in [6.45, 7) is 6.50. The molecule has 194 valence electrons. The molecule has 2 heterocycles. The predicted octanol–water partition coefficient (Wildman–Crippen LogP) is 6.48. The van der Waals surface area contributed by atoms with E-state index >= 15 is 0 Å². The van der Waals surface area contributed by atoms with Crippen molar-refractivity contribution < 1.29 is 4.74 Å². The molecular weight excluding hydrogens is 468 g/mol. The van der Waals surface area contributed by atoms with Gasteiger partial charge in [0.15, 0.2) is 0 Å². The lowest BCUT2D eigenvalue weighted by molar-refractivity contribution is 0.0464. The molecule has 1 aliphatic heterocycles. The van der Waals surface area contributed by atoms with Crippen LogP contribution in [0.5, 0.6) is 0 Å². The molecule has 1 aromatic carbocycles. The molecule has 0 bridgehead atoms. The molecule has 2 aromatic rings. The first kappa shape index (κ1) is 26.8. The second-order valence-corrected chi connectivity index (χ2v) is 10.9. The molecule has 1 saturated carbocycles. The Labute approximate surface area is 222 Å². The molecule has 0 amide bonds. The van der Waals surface area contributed by atoms with Crippen LogP contribution in [-0.2, 0) is 11.2 Å². The summed E-state index contributed by atoms with van der Waals surface area (Å²) in [6, 6.07) is 9.73. The Morgan fingerprint density at radius 1 is 1.14 bits per heavy atom. The number of halogens is 1. The van der Waals surface area contributed by atoms with Gasteiger partial charge in [0.05, 0.1) is 10.4 Å². The van der Waals surface area contributed by atoms with E-state index in [4.69, 9.17) is 16.3 Å². The van der Waals surface area contributed by atoms with Gasteiger partial charge in [0.1, 0.15) is 5.82 Å². The number of hydrogen-bond donors (Lipinski definition) is 2. The maximum absolute atomic E-state index is 6.72. The minimum atomic E-state index is -0.0367. The minimum Gasteiger partial charge on any atom is -0.383 e. The predicted molar refractivity (Wildman–Crippen MR) is 152 cm³/mol. The normalized spacial score (nSPS) is 21.5. The van der Waals surface area contributed by atoms with E-state index in [0.29, 0.717) is 17.1 Å². The van der Waals surface area contributed by atoms with Crippen molar-refractivity contribution in [3.63, 3.8) is 0 Å². The Balaban J connectivity index is 1.53. The monoisotopic (exact) mass is 508 g/mol. The number of rotatable bonds is 8. The first-order valence-electron chi connectivity index (χ1n) is 13.4. The van der Waals surface area contributed by atoms with Gasteiger partial charge in [-0.2, -0.15) is 0 Å². The van der Waals surface area contributed by atoms with Crippen molar-refractivity contribution in [3.8, 4) is 23.0 Å². The number of ether oxygens (including phenoxy) is 1. The number of anilines is 2. The summed E-state index contributed by atoms with van der Waals surface area (Å²) in [4.78, 5) is 6.97. The molecule has 2 N–H and O–H groups in total. The Hall–Kier alpha value is -2.26. The van der Waals surface area contributed by atoms with Crippen LogP contribution >= 0.6 is 11.6 Å². The summed E-state index contributed by atoms with van der Waals surface area (Å²) in [5.74, 6) is 7.54. The molecular formula is C30H41ClN4O. The molecule has 1 saturated heterocycles. The molecule has 0 spiro atoms. The molecule has 1 aliphatic carbocycles. The van der Waals surface area contributed by atoms with Crippen LogP contribution in [0.15, 0.2) is 30.5 Å². The van der Waals surface area contributed by atoms with Gasteiger partial charge in [-0.05, 0) is 89.2 Å². The van der Waals surface area contributed by atoms with Crippen LogP contribution in [0.3, 0.4) is 0 Å². The Kier molecular flexibility index (Phi) is 9.17. The molecule has 4 rings (SSSR count). The van der Waals surface area contributed by atoms with E-state index < -0.39 is 0 Å². The number of nitrogens with zero attached hydrogens (tertiary/aromatic N) is 2. The van der Waals surface area contributed by atoms with Gasteiger partial charge in [-0.25, -0.2) is 4.98 Å². The first-order valence-corrected chi connectivity index (χ1v) is 13.8. The third kappa shape index (κ3) is 6.35. The number of benzene rings is 1. The summed E-state index contributed by atoms with van der Waals surface area (Å²) in [5.41, 5.74) is 4.59. The van der Waals surface area contributed by atoms with Gasteiger partial charge in [0.2, 0.25) is 0 Å². The van der Waals surface area contributed by atoms with Crippen molar-refractivity contribution in [2.24, 2.45) is 5.41 Å². The molecule has 36 heavy (non-hydrogen) atoms. The van der Waals surface area contributed by atoms with Crippen LogP contribution in [-0.4, -0.2) is 55.8 Å². The summed E-state index contributed by atoms with van der Waals surface area (Å²) < 4.78 is 5.62. The molecule has 6 heteroatoms. The van der Waals surface area contributed by atoms with Crippen LogP contribution < -0.4 is 10.6 Å². The maximum atomic E-state index is 6.72. The Bertz CT molecular complexity index is 1080. The quantitative estimate of drug-likeness (QED) is 0.399. The number of nitrogens with one attached hydrogen (secondary N) is 2. The van der Waals surface area contributed by atoms with Gasteiger partial charge in [-0.15, -0.1) is 5.92 Å². The van der Waals surface area contributed by atoms with E-state index in [1.807, 2.05) is 6.92 Å². The average Bonchev–Trinajstić information content (AvgIpc) is 2.89. The summed E-state index contributed by atoms with van der Waals surface area (Å²) in [6.07, 6.45) is 9.38. The molecule has 2 aliphatic rings. The maximum Gasteiger partial charge on any atom is 0.126 e. The summed E-state index contributed by atoms with van der Waals surface area (Å²) in [5, 5.41) is 8.11. The van der Waals surface area contributed by atoms with Crippen LogP contribution in [0.1, 0.15) is 57.9 Å². The number of aromatic nitrogens is 1. The lowest BCUT2D eigenvalue weighted by Gasteiger charge is -2.33. The molecule has 0 atom stereocenters. The van der Waals surface area contributed by atoms with Crippen molar-refractivity contribution in [2.45, 2.75) is 70.9 Å². The largest absolute Gasteiger partial charge is 0.383 e. The third-order valence-corrected chi connectivity index (χ3v) is 8.21. The van der Waals surface area contributed by atoms with Gasteiger partial charge in [-0.1, -0.05) is 36.6 Å². The molecule has 5 nitrogen and oxygen atoms in total. The molecule has 0 unspecified atom stereocenters. The van der Waals surface area contributed by atoms with Crippen LogP contribution in [0.4, 0.5) is 11.5 Å². The average molecular weight is 509 g/mol. The van der Waals surface area contributed by atoms with Crippen molar-refractivity contribution in [2.75, 3.05) is 44.5 Å². The lowest BCUT2D eigenvalue weighted by atomic mass is 9.80. The van der Waals surface area contributed by atoms with E-state index in [2.05, 4.69) is 77.6 Å². The zero-order valence-electron chi connectivity index (χ0n) is 22.3. The minimum absolute atomic E-state index is 0.0367. The summed E-state index contributed by atoms with van der Waals surface area (Å²) in [7, 11) is 4.36. The number of pyridine rings is 1. The topological polar surface area (TPSA) is 49.4 Å². The standard InChI is InChI=1S/C30H41ClN4O/c1-5-14-30(15-17-36-18-16-30)21-33-28-9-7-8-25(24(28)6-2)26-19-29(32-20-27(26)31)34-22-10-12-23(13-11-22)35(3)4/h7-9,19-20,22-23,33H,6,10-13,15-18,21H2,1-4H3,(H,32,34). The molecule has 0 radical (unpaired) electrons. The molecule has 1 aromatic heterocycles. The Morgan fingerprint density at radius 2 is 1.89 bits per heavy atom.